The molecule has 2 amide bonds. The van der Waals surface area contributed by atoms with Crippen LogP contribution in [0.4, 0.5) is 5.69 Å². The van der Waals surface area contributed by atoms with Crippen molar-refractivity contribution >= 4 is 29.3 Å². The van der Waals surface area contributed by atoms with E-state index < -0.39 is 12.0 Å². The minimum absolute atomic E-state index is 0.00793. The molecule has 2 atom stereocenters. The number of rotatable bonds is 7. The van der Waals surface area contributed by atoms with Crippen molar-refractivity contribution in [3.63, 3.8) is 0 Å². The smallest absolute Gasteiger partial charge is 0.254 e. The molecule has 1 saturated heterocycles. The second-order valence-electron chi connectivity index (χ2n) is 9.89. The minimum atomic E-state index is -0.601. The van der Waals surface area contributed by atoms with Crippen molar-refractivity contribution in [1.82, 2.24) is 9.80 Å². The Kier molecular flexibility index (Phi) is 8.12. The van der Waals surface area contributed by atoms with Gasteiger partial charge in [0, 0.05) is 43.7 Å². The van der Waals surface area contributed by atoms with Gasteiger partial charge < -0.3 is 28.9 Å². The van der Waals surface area contributed by atoms with Gasteiger partial charge in [0.1, 0.15) is 5.75 Å². The zero-order chi connectivity index (χ0) is 28.4. The van der Waals surface area contributed by atoms with Gasteiger partial charge in [0.15, 0.2) is 11.5 Å². The molecule has 0 spiro atoms. The fourth-order valence-corrected chi connectivity index (χ4v) is 6.20. The van der Waals surface area contributed by atoms with Gasteiger partial charge in [0.05, 0.1) is 39.0 Å². The number of fused-ring (bicyclic) bond motifs is 1. The van der Waals surface area contributed by atoms with Gasteiger partial charge in [-0.2, -0.15) is 0 Å². The molecule has 9 heteroatoms. The summed E-state index contributed by atoms with van der Waals surface area (Å²) in [4.78, 5) is 35.1. The summed E-state index contributed by atoms with van der Waals surface area (Å²) < 4.78 is 16.7. The summed E-state index contributed by atoms with van der Waals surface area (Å²) in [6.45, 7) is 2.48. The molecule has 2 heterocycles. The number of hydrogen-bond donors (Lipinski definition) is 0. The first kappa shape index (κ1) is 27.7. The molecule has 1 fully saturated rings. The van der Waals surface area contributed by atoms with E-state index in [0.29, 0.717) is 48.8 Å². The van der Waals surface area contributed by atoms with Crippen LogP contribution in [0.3, 0.4) is 0 Å². The van der Waals surface area contributed by atoms with Crippen LogP contribution in [0.5, 0.6) is 17.2 Å². The van der Waals surface area contributed by atoms with Crippen molar-refractivity contribution in [3.05, 3.63) is 77.4 Å². The first-order valence-electron chi connectivity index (χ1n) is 13.3. The lowest BCUT2D eigenvalue weighted by Crippen LogP contribution is -2.53. The van der Waals surface area contributed by atoms with Crippen molar-refractivity contribution in [2.24, 2.45) is 0 Å². The monoisotopic (exact) mass is 561 g/mol. The third-order valence-corrected chi connectivity index (χ3v) is 8.66. The van der Waals surface area contributed by atoms with Gasteiger partial charge in [-0.05, 0) is 53.8 Å². The van der Waals surface area contributed by atoms with Crippen molar-refractivity contribution in [1.29, 1.82) is 0 Å². The molecule has 5 rings (SSSR count). The second-order valence-corrected chi connectivity index (χ2v) is 10.8. The quantitative estimate of drug-likeness (QED) is 0.388. The van der Waals surface area contributed by atoms with Crippen LogP contribution in [0.2, 0.25) is 0 Å². The predicted octanol–water partition coefficient (Wildman–Crippen LogP) is 4.69. The zero-order valence-electron chi connectivity index (χ0n) is 23.5. The number of nitrogens with zero attached hydrogens (tertiary/aromatic N) is 3. The topological polar surface area (TPSA) is 71.6 Å². The highest BCUT2D eigenvalue weighted by molar-refractivity contribution is 7.98. The fraction of sp³-hybridized carbons (Fsp3) is 0.355. The minimum Gasteiger partial charge on any atom is -0.495 e. The van der Waals surface area contributed by atoms with Gasteiger partial charge in [-0.3, -0.25) is 9.59 Å². The van der Waals surface area contributed by atoms with Crippen LogP contribution in [-0.2, 0) is 4.79 Å². The molecule has 3 aromatic carbocycles. The number of anilines is 1. The number of methoxy groups -OCH3 is 3. The lowest BCUT2D eigenvalue weighted by atomic mass is 9.78. The summed E-state index contributed by atoms with van der Waals surface area (Å²) in [7, 11) is 6.55. The van der Waals surface area contributed by atoms with Crippen LogP contribution in [0.1, 0.15) is 33.4 Å². The Bertz CT molecular complexity index is 1390. The predicted molar refractivity (Wildman–Crippen MR) is 157 cm³/mol. The third kappa shape index (κ3) is 4.94. The number of amides is 2. The van der Waals surface area contributed by atoms with E-state index in [4.69, 9.17) is 14.2 Å². The van der Waals surface area contributed by atoms with Crippen LogP contribution in [0.25, 0.3) is 0 Å². The molecule has 0 aromatic heterocycles. The highest BCUT2D eigenvalue weighted by atomic mass is 32.2. The summed E-state index contributed by atoms with van der Waals surface area (Å²) in [6, 6.07) is 19.1. The van der Waals surface area contributed by atoms with Crippen LogP contribution in [-0.4, -0.2) is 82.4 Å². The maximum absolute atomic E-state index is 14.5. The van der Waals surface area contributed by atoms with E-state index in [1.54, 1.807) is 57.2 Å². The van der Waals surface area contributed by atoms with E-state index in [1.165, 1.54) is 0 Å². The molecule has 40 heavy (non-hydrogen) atoms. The summed E-state index contributed by atoms with van der Waals surface area (Å²) in [5.41, 5.74) is 3.06. The first-order chi connectivity index (χ1) is 19.4. The van der Waals surface area contributed by atoms with Gasteiger partial charge >= 0.3 is 0 Å². The molecule has 210 valence electrons. The molecule has 0 saturated carbocycles. The number of carbonyl (C=O) groups excluding carboxylic acids is 2. The Morgan fingerprint density at radius 1 is 0.850 bits per heavy atom. The molecular formula is C31H35N3O5S. The number of para-hydroxylation sites is 2. The molecule has 0 bridgehead atoms. The van der Waals surface area contributed by atoms with E-state index >= 15 is 0 Å². The van der Waals surface area contributed by atoms with E-state index in [0.717, 1.165) is 21.9 Å². The molecule has 0 aliphatic carbocycles. The Morgan fingerprint density at radius 2 is 1.48 bits per heavy atom. The highest BCUT2D eigenvalue weighted by Gasteiger charge is 2.45. The summed E-state index contributed by atoms with van der Waals surface area (Å²) >= 11 is 1.65. The van der Waals surface area contributed by atoms with Gasteiger partial charge in [-0.1, -0.05) is 24.3 Å². The average molecular weight is 562 g/mol. The molecule has 2 aliphatic rings. The Morgan fingerprint density at radius 3 is 2.10 bits per heavy atom. The molecule has 0 N–H and O–H groups in total. The molecule has 8 nitrogen and oxygen atoms in total. The number of ether oxygens (including phenoxy) is 3. The van der Waals surface area contributed by atoms with Crippen molar-refractivity contribution < 1.29 is 23.8 Å². The van der Waals surface area contributed by atoms with E-state index in [-0.39, 0.29) is 11.8 Å². The SMILES string of the molecule is COc1cc2c(cc1OC)[C@H](C(=O)N1CCN(c3ccccc3OC)CC1)[C@H](c1ccc(SC)cc1)N(C)C2=O. The van der Waals surface area contributed by atoms with Gasteiger partial charge in [0.2, 0.25) is 5.91 Å². The second kappa shape index (κ2) is 11.7. The number of hydrogen-bond acceptors (Lipinski definition) is 7. The Balaban J connectivity index is 1.52. The van der Waals surface area contributed by atoms with Gasteiger partial charge in [-0.15, -0.1) is 11.8 Å². The van der Waals surface area contributed by atoms with Crippen LogP contribution in [0, 0.1) is 0 Å². The zero-order valence-corrected chi connectivity index (χ0v) is 24.4. The average Bonchev–Trinajstić information content (AvgIpc) is 3.01. The molecule has 0 unspecified atom stereocenters. The number of carbonyl (C=O) groups is 2. The van der Waals surface area contributed by atoms with Crippen molar-refractivity contribution in [2.75, 3.05) is 65.7 Å². The third-order valence-electron chi connectivity index (χ3n) is 7.92. The number of piperazine rings is 1. The van der Waals surface area contributed by atoms with E-state index in [2.05, 4.69) is 4.90 Å². The number of thioether (sulfide) groups is 1. The van der Waals surface area contributed by atoms with E-state index in [1.807, 2.05) is 59.7 Å². The van der Waals surface area contributed by atoms with Gasteiger partial charge in [0.25, 0.3) is 5.91 Å². The van der Waals surface area contributed by atoms with Crippen LogP contribution in [0.15, 0.2) is 65.6 Å². The number of likely N-dealkylation sites (N-methyl/N-ethyl adjacent to an activating group) is 1. The number of benzene rings is 3. The van der Waals surface area contributed by atoms with Crippen LogP contribution < -0.4 is 19.1 Å². The normalized spacial score (nSPS) is 18.8. The van der Waals surface area contributed by atoms with Gasteiger partial charge in [-0.25, -0.2) is 0 Å². The highest BCUT2D eigenvalue weighted by Crippen LogP contribution is 2.46. The summed E-state index contributed by atoms with van der Waals surface area (Å²) in [5, 5.41) is 0. The molecular weight excluding hydrogens is 526 g/mol. The summed E-state index contributed by atoms with van der Waals surface area (Å²) in [6.07, 6.45) is 2.03. The fourth-order valence-electron chi connectivity index (χ4n) is 5.79. The largest absolute Gasteiger partial charge is 0.495 e. The molecule has 0 radical (unpaired) electrons. The molecule has 2 aliphatic heterocycles. The Hall–Kier alpha value is -3.85. The first-order valence-corrected chi connectivity index (χ1v) is 14.5. The summed E-state index contributed by atoms with van der Waals surface area (Å²) in [5.74, 6) is 1.01. The van der Waals surface area contributed by atoms with E-state index in [9.17, 15) is 9.59 Å². The van der Waals surface area contributed by atoms with Crippen LogP contribution >= 0.6 is 11.8 Å². The van der Waals surface area contributed by atoms with Crippen molar-refractivity contribution in [3.8, 4) is 17.2 Å². The maximum Gasteiger partial charge on any atom is 0.254 e. The lowest BCUT2D eigenvalue weighted by molar-refractivity contribution is -0.134. The maximum atomic E-state index is 14.5. The molecule has 3 aromatic rings. The van der Waals surface area contributed by atoms with Crippen molar-refractivity contribution in [2.45, 2.75) is 16.9 Å². The lowest BCUT2D eigenvalue weighted by Gasteiger charge is -2.43. The standard InChI is InChI=1S/C31H35N3O5S/c1-32-29(20-10-12-21(40-5)13-11-20)28(22-18-26(38-3)27(39-4)19-23(22)30(32)35)31(36)34-16-14-33(15-17-34)24-8-6-7-9-25(24)37-2/h6-13,18-19,28-29H,14-17H2,1-5H3/t28-,29-/m0/s1. The Labute approximate surface area is 239 Å².